The van der Waals surface area contributed by atoms with Gasteiger partial charge in [-0.25, -0.2) is 0 Å². The molecule has 0 aliphatic carbocycles. The van der Waals surface area contributed by atoms with Crippen molar-refractivity contribution in [3.05, 3.63) is 54.1 Å². The Morgan fingerprint density at radius 3 is 2.44 bits per heavy atom. The molecule has 18 heavy (non-hydrogen) atoms. The Morgan fingerprint density at radius 1 is 1.22 bits per heavy atom. The van der Waals surface area contributed by atoms with Gasteiger partial charge in [-0.15, -0.1) is 11.3 Å². The van der Waals surface area contributed by atoms with Crippen LogP contribution in [0.3, 0.4) is 0 Å². The fraction of sp³-hybridized carbons (Fsp3) is 0.231. The average molecular weight is 365 g/mol. The van der Waals surface area contributed by atoms with Crippen LogP contribution in [0, 0.1) is 6.92 Å². The Hall–Kier alpha value is -0.0600. The number of aryl methyl sites for hydroxylation is 1. The van der Waals surface area contributed by atoms with Crippen LogP contribution in [0.5, 0.6) is 0 Å². The Kier molecular flexibility index (Phi) is 4.73. The molecule has 1 aromatic heterocycles. The summed E-state index contributed by atoms with van der Waals surface area (Å²) in [7, 11) is 1.94. The fourth-order valence-corrected chi connectivity index (χ4v) is 3.83. The molecule has 0 saturated carbocycles. The summed E-state index contributed by atoms with van der Waals surface area (Å²) >= 11 is 17.2. The number of halogens is 3. The summed E-state index contributed by atoms with van der Waals surface area (Å²) in [5, 5.41) is 4.85. The van der Waals surface area contributed by atoms with Gasteiger partial charge in [-0.1, -0.05) is 35.3 Å². The van der Waals surface area contributed by atoms with Crippen LogP contribution in [0.25, 0.3) is 0 Å². The molecule has 0 amide bonds. The molecular weight excluding hydrogens is 353 g/mol. The summed E-state index contributed by atoms with van der Waals surface area (Å²) in [5.41, 5.74) is 2.26. The summed E-state index contributed by atoms with van der Waals surface area (Å²) in [6, 6.07) is 8.19. The summed E-state index contributed by atoms with van der Waals surface area (Å²) in [5.74, 6) is 0. The van der Waals surface area contributed by atoms with Crippen molar-refractivity contribution in [3.8, 4) is 0 Å². The van der Waals surface area contributed by atoms with Gasteiger partial charge in [0.05, 0.1) is 14.9 Å². The van der Waals surface area contributed by atoms with Gasteiger partial charge in [-0.3, -0.25) is 0 Å². The molecule has 1 nitrogen and oxygen atoms in total. The maximum atomic E-state index is 6.09. The Bertz CT molecular complexity index is 549. The van der Waals surface area contributed by atoms with Crippen LogP contribution < -0.4 is 5.32 Å². The minimum Gasteiger partial charge on any atom is -0.309 e. The first-order valence-corrected chi connectivity index (χ1v) is 7.77. The lowest BCUT2D eigenvalue weighted by atomic mass is 10.0. The van der Waals surface area contributed by atoms with E-state index in [-0.39, 0.29) is 6.04 Å². The lowest BCUT2D eigenvalue weighted by molar-refractivity contribution is 0.703. The van der Waals surface area contributed by atoms with E-state index in [4.69, 9.17) is 23.2 Å². The second-order valence-electron chi connectivity index (χ2n) is 4.00. The van der Waals surface area contributed by atoms with Gasteiger partial charge < -0.3 is 5.32 Å². The lowest BCUT2D eigenvalue weighted by Crippen LogP contribution is -2.16. The van der Waals surface area contributed by atoms with Gasteiger partial charge in [0.15, 0.2) is 0 Å². The van der Waals surface area contributed by atoms with Gasteiger partial charge in [0, 0.05) is 9.90 Å². The Morgan fingerprint density at radius 2 is 1.94 bits per heavy atom. The van der Waals surface area contributed by atoms with Gasteiger partial charge in [0.1, 0.15) is 0 Å². The second-order valence-corrected chi connectivity index (χ2v) is 7.22. The standard InChI is InChI=1S/C13H12BrCl2NS/c1-7-5-8(3-4-9(7)15)12(17-2)11-6-10(16)13(14)18-11/h3-6,12,17H,1-2H3. The molecule has 1 heterocycles. The van der Waals surface area contributed by atoms with E-state index in [2.05, 4.69) is 27.3 Å². The van der Waals surface area contributed by atoms with E-state index < -0.39 is 0 Å². The van der Waals surface area contributed by atoms with E-state index in [0.717, 1.165) is 19.4 Å². The number of nitrogens with one attached hydrogen (secondary N) is 1. The third-order valence-electron chi connectivity index (χ3n) is 2.75. The van der Waals surface area contributed by atoms with Gasteiger partial charge >= 0.3 is 0 Å². The average Bonchev–Trinajstić information content (AvgIpc) is 2.65. The van der Waals surface area contributed by atoms with Crippen molar-refractivity contribution in [1.29, 1.82) is 0 Å². The fourth-order valence-electron chi connectivity index (χ4n) is 1.83. The molecule has 0 aliphatic rings. The van der Waals surface area contributed by atoms with E-state index in [0.29, 0.717) is 0 Å². The van der Waals surface area contributed by atoms with Gasteiger partial charge in [0.25, 0.3) is 0 Å². The first-order valence-electron chi connectivity index (χ1n) is 5.41. The van der Waals surface area contributed by atoms with E-state index >= 15 is 0 Å². The van der Waals surface area contributed by atoms with E-state index in [1.165, 1.54) is 10.4 Å². The molecule has 0 spiro atoms. The first kappa shape index (κ1) is 14.4. The molecule has 1 aromatic carbocycles. The maximum absolute atomic E-state index is 6.09. The minimum atomic E-state index is 0.134. The highest BCUT2D eigenvalue weighted by Crippen LogP contribution is 2.37. The normalized spacial score (nSPS) is 12.7. The maximum Gasteiger partial charge on any atom is 0.0888 e. The topological polar surface area (TPSA) is 12.0 Å². The highest BCUT2D eigenvalue weighted by atomic mass is 79.9. The number of hydrogen-bond donors (Lipinski definition) is 1. The van der Waals surface area contributed by atoms with Crippen LogP contribution in [0.2, 0.25) is 10.0 Å². The number of rotatable bonds is 3. The van der Waals surface area contributed by atoms with Crippen molar-refractivity contribution in [2.75, 3.05) is 7.05 Å². The lowest BCUT2D eigenvalue weighted by Gasteiger charge is -2.16. The smallest absolute Gasteiger partial charge is 0.0888 e. The van der Waals surface area contributed by atoms with E-state index in [9.17, 15) is 0 Å². The third kappa shape index (κ3) is 2.91. The molecule has 2 aromatic rings. The largest absolute Gasteiger partial charge is 0.309 e. The Labute approximate surface area is 129 Å². The zero-order valence-corrected chi connectivity index (χ0v) is 13.8. The van der Waals surface area contributed by atoms with Crippen molar-refractivity contribution in [1.82, 2.24) is 5.32 Å². The SMILES string of the molecule is CNC(c1ccc(Cl)c(C)c1)c1cc(Cl)c(Br)s1. The Balaban J connectivity index is 2.41. The monoisotopic (exact) mass is 363 g/mol. The molecule has 1 atom stereocenters. The molecule has 0 aliphatic heterocycles. The molecule has 5 heteroatoms. The third-order valence-corrected chi connectivity index (χ3v) is 5.72. The van der Waals surface area contributed by atoms with Crippen molar-refractivity contribution in [2.24, 2.45) is 0 Å². The highest BCUT2D eigenvalue weighted by Gasteiger charge is 2.16. The van der Waals surface area contributed by atoms with Gasteiger partial charge in [-0.2, -0.15) is 0 Å². The summed E-state index contributed by atoms with van der Waals surface area (Å²) in [6.07, 6.45) is 0. The molecular formula is C13H12BrCl2NS. The van der Waals surface area contributed by atoms with Crippen molar-refractivity contribution in [2.45, 2.75) is 13.0 Å². The van der Waals surface area contributed by atoms with E-state index in [1.807, 2.05) is 32.2 Å². The first-order chi connectivity index (χ1) is 8.52. The van der Waals surface area contributed by atoms with Crippen LogP contribution in [0.1, 0.15) is 22.0 Å². The number of thiophene rings is 1. The molecule has 2 rings (SSSR count). The van der Waals surface area contributed by atoms with Crippen molar-refractivity contribution >= 4 is 50.5 Å². The van der Waals surface area contributed by atoms with Crippen LogP contribution >= 0.6 is 50.5 Å². The van der Waals surface area contributed by atoms with Crippen LogP contribution in [-0.4, -0.2) is 7.05 Å². The van der Waals surface area contributed by atoms with E-state index in [1.54, 1.807) is 11.3 Å². The quantitative estimate of drug-likeness (QED) is 0.765. The van der Waals surface area contributed by atoms with Crippen LogP contribution in [-0.2, 0) is 0 Å². The predicted octanol–water partition coefficient (Wildman–Crippen LogP) is 5.43. The molecule has 0 bridgehead atoms. The van der Waals surface area contributed by atoms with Gasteiger partial charge in [-0.05, 0) is 53.2 Å². The molecule has 0 radical (unpaired) electrons. The number of benzene rings is 1. The highest BCUT2D eigenvalue weighted by molar-refractivity contribution is 9.11. The summed E-state index contributed by atoms with van der Waals surface area (Å²) in [4.78, 5) is 1.18. The van der Waals surface area contributed by atoms with Crippen molar-refractivity contribution < 1.29 is 0 Å². The molecule has 96 valence electrons. The molecule has 1 unspecified atom stereocenters. The number of hydrogen-bond acceptors (Lipinski definition) is 2. The van der Waals surface area contributed by atoms with Crippen LogP contribution in [0.15, 0.2) is 28.1 Å². The predicted molar refractivity (Wildman–Crippen MR) is 84.1 cm³/mol. The van der Waals surface area contributed by atoms with Crippen molar-refractivity contribution in [3.63, 3.8) is 0 Å². The van der Waals surface area contributed by atoms with Gasteiger partial charge in [0.2, 0.25) is 0 Å². The second kappa shape index (κ2) is 5.93. The zero-order valence-electron chi connectivity index (χ0n) is 9.93. The summed E-state index contributed by atoms with van der Waals surface area (Å²) in [6.45, 7) is 2.01. The summed E-state index contributed by atoms with van der Waals surface area (Å²) < 4.78 is 0.963. The van der Waals surface area contributed by atoms with Crippen LogP contribution in [0.4, 0.5) is 0 Å². The molecule has 0 fully saturated rings. The minimum absolute atomic E-state index is 0.134. The molecule has 0 saturated heterocycles. The zero-order chi connectivity index (χ0) is 13.3. The molecule has 1 N–H and O–H groups in total.